The number of hydrogen-bond acceptors (Lipinski definition) is 4. The van der Waals surface area contributed by atoms with Crippen molar-refractivity contribution in [1.29, 1.82) is 0 Å². The fraction of sp³-hybridized carbons (Fsp3) is 0.238. The predicted octanol–water partition coefficient (Wildman–Crippen LogP) is 3.42. The predicted molar refractivity (Wildman–Crippen MR) is 96.9 cm³/mol. The summed E-state index contributed by atoms with van der Waals surface area (Å²) in [6.45, 7) is 2.54. The topological polar surface area (TPSA) is 55.8 Å². The quantitative estimate of drug-likeness (QED) is 0.794. The highest BCUT2D eigenvalue weighted by atomic mass is 16.5. The summed E-state index contributed by atoms with van der Waals surface area (Å²) in [5.41, 5.74) is 2.79. The van der Waals surface area contributed by atoms with Crippen molar-refractivity contribution in [3.63, 3.8) is 0 Å². The van der Waals surface area contributed by atoms with E-state index in [9.17, 15) is 9.59 Å². The molecule has 0 N–H and O–H groups in total. The van der Waals surface area contributed by atoms with Gasteiger partial charge in [0.1, 0.15) is 12.4 Å². The van der Waals surface area contributed by atoms with E-state index in [1.807, 2.05) is 61.5 Å². The molecule has 2 aromatic carbocycles. The Hall–Kier alpha value is -3.08. The van der Waals surface area contributed by atoms with Crippen LogP contribution in [0.1, 0.15) is 24.8 Å². The molecule has 2 aliphatic heterocycles. The Morgan fingerprint density at radius 3 is 2.58 bits per heavy atom. The highest BCUT2D eigenvalue weighted by Gasteiger charge is 2.43. The number of anilines is 1. The van der Waals surface area contributed by atoms with E-state index in [0.29, 0.717) is 23.6 Å². The Balaban J connectivity index is 1.83. The van der Waals surface area contributed by atoms with Gasteiger partial charge in [-0.05, 0) is 25.1 Å². The summed E-state index contributed by atoms with van der Waals surface area (Å²) in [7, 11) is 0. The molecule has 0 spiro atoms. The monoisotopic (exact) mass is 349 g/mol. The third-order valence-electron chi connectivity index (χ3n) is 4.73. The molecule has 2 aliphatic rings. The molecule has 2 aromatic rings. The summed E-state index contributed by atoms with van der Waals surface area (Å²) >= 11 is 0. The van der Waals surface area contributed by atoms with Crippen molar-refractivity contribution >= 4 is 17.6 Å². The maximum absolute atomic E-state index is 13.0. The van der Waals surface area contributed by atoms with E-state index in [1.165, 1.54) is 0 Å². The van der Waals surface area contributed by atoms with E-state index < -0.39 is 0 Å². The van der Waals surface area contributed by atoms with Gasteiger partial charge in [0.25, 0.3) is 0 Å². The number of para-hydroxylation sites is 2. The molecule has 0 bridgehead atoms. The Morgan fingerprint density at radius 2 is 1.81 bits per heavy atom. The number of amides is 1. The first-order valence-corrected chi connectivity index (χ1v) is 8.70. The van der Waals surface area contributed by atoms with E-state index in [4.69, 9.17) is 9.47 Å². The number of ether oxygens (including phenoxy) is 2. The van der Waals surface area contributed by atoms with Gasteiger partial charge in [-0.15, -0.1) is 0 Å². The highest BCUT2D eigenvalue weighted by molar-refractivity contribution is 6.06. The first-order chi connectivity index (χ1) is 12.7. The normalized spacial score (nSPS) is 19.4. The molecule has 26 heavy (non-hydrogen) atoms. The zero-order chi connectivity index (χ0) is 18.1. The van der Waals surface area contributed by atoms with Gasteiger partial charge in [0, 0.05) is 23.6 Å². The van der Waals surface area contributed by atoms with E-state index >= 15 is 0 Å². The molecular weight excluding hydrogens is 330 g/mol. The van der Waals surface area contributed by atoms with Crippen LogP contribution in [-0.4, -0.2) is 25.1 Å². The minimum absolute atomic E-state index is 0.0513. The third-order valence-corrected chi connectivity index (χ3v) is 4.73. The van der Waals surface area contributed by atoms with Crippen molar-refractivity contribution in [2.45, 2.75) is 19.3 Å². The lowest BCUT2D eigenvalue weighted by Gasteiger charge is -2.32. The number of carbonyl (C=O) groups excluding carboxylic acids is 2. The number of hydrogen-bond donors (Lipinski definition) is 0. The number of benzene rings is 2. The Labute approximate surface area is 151 Å². The van der Waals surface area contributed by atoms with Crippen molar-refractivity contribution < 1.29 is 19.1 Å². The Kier molecular flexibility index (Phi) is 4.21. The maximum atomic E-state index is 13.0. The minimum atomic E-state index is -0.357. The molecule has 1 amide bonds. The van der Waals surface area contributed by atoms with Crippen LogP contribution in [0.3, 0.4) is 0 Å². The van der Waals surface area contributed by atoms with Crippen molar-refractivity contribution in [2.24, 2.45) is 0 Å². The standard InChI is InChI=1S/C21H19NO4/c1-2-25-18-11-7-6-10-15(18)16-12-19(23)22(14-8-4-3-5-9-14)17-13-26-21(24)20(16)17/h3-11,16H,2,12-13H2,1H3. The van der Waals surface area contributed by atoms with Crippen LogP contribution in [0, 0.1) is 0 Å². The summed E-state index contributed by atoms with van der Waals surface area (Å²) in [6, 6.07) is 16.9. The minimum Gasteiger partial charge on any atom is -0.494 e. The van der Waals surface area contributed by atoms with Crippen LogP contribution < -0.4 is 9.64 Å². The van der Waals surface area contributed by atoms with Crippen LogP contribution in [0.25, 0.3) is 0 Å². The molecule has 0 saturated heterocycles. The molecule has 0 aliphatic carbocycles. The van der Waals surface area contributed by atoms with Crippen molar-refractivity contribution in [1.82, 2.24) is 0 Å². The second kappa shape index (κ2) is 6.67. The largest absolute Gasteiger partial charge is 0.494 e. The first-order valence-electron chi connectivity index (χ1n) is 8.70. The van der Waals surface area contributed by atoms with Gasteiger partial charge in [-0.3, -0.25) is 9.69 Å². The Morgan fingerprint density at radius 1 is 1.08 bits per heavy atom. The second-order valence-electron chi connectivity index (χ2n) is 6.23. The number of nitrogens with zero attached hydrogens (tertiary/aromatic N) is 1. The first kappa shape index (κ1) is 16.4. The molecule has 132 valence electrons. The van der Waals surface area contributed by atoms with Crippen molar-refractivity contribution in [2.75, 3.05) is 18.1 Å². The van der Waals surface area contributed by atoms with Crippen molar-refractivity contribution in [3.8, 4) is 5.75 Å². The summed E-state index contributed by atoms with van der Waals surface area (Å²) < 4.78 is 11.0. The van der Waals surface area contributed by atoms with Crippen LogP contribution in [0.5, 0.6) is 5.75 Å². The molecule has 0 radical (unpaired) electrons. The molecule has 4 rings (SSSR count). The second-order valence-corrected chi connectivity index (χ2v) is 6.23. The lowest BCUT2D eigenvalue weighted by Crippen LogP contribution is -2.37. The zero-order valence-corrected chi connectivity index (χ0v) is 14.5. The van der Waals surface area contributed by atoms with Crippen LogP contribution in [-0.2, 0) is 14.3 Å². The fourth-order valence-corrected chi connectivity index (χ4v) is 3.65. The molecule has 5 nitrogen and oxygen atoms in total. The number of cyclic esters (lactones) is 1. The van der Waals surface area contributed by atoms with E-state index in [1.54, 1.807) is 4.90 Å². The smallest absolute Gasteiger partial charge is 0.336 e. The molecule has 1 atom stereocenters. The molecule has 1 unspecified atom stereocenters. The van der Waals surface area contributed by atoms with Gasteiger partial charge in [-0.2, -0.15) is 0 Å². The molecule has 0 fully saturated rings. The molecule has 0 saturated carbocycles. The number of carbonyl (C=O) groups is 2. The molecule has 0 aromatic heterocycles. The average Bonchev–Trinajstić information content (AvgIpc) is 3.04. The lowest BCUT2D eigenvalue weighted by molar-refractivity contribution is -0.136. The fourth-order valence-electron chi connectivity index (χ4n) is 3.65. The van der Waals surface area contributed by atoms with Gasteiger partial charge in [0.15, 0.2) is 0 Å². The number of esters is 1. The third kappa shape index (κ3) is 2.65. The van der Waals surface area contributed by atoms with Crippen LogP contribution >= 0.6 is 0 Å². The van der Waals surface area contributed by atoms with Gasteiger partial charge >= 0.3 is 5.97 Å². The highest BCUT2D eigenvalue weighted by Crippen LogP contribution is 2.44. The van der Waals surface area contributed by atoms with Crippen molar-refractivity contribution in [3.05, 3.63) is 71.4 Å². The van der Waals surface area contributed by atoms with Gasteiger partial charge in [0.2, 0.25) is 5.91 Å². The average molecular weight is 349 g/mol. The SMILES string of the molecule is CCOc1ccccc1C1CC(=O)N(c2ccccc2)C2=C1C(=O)OC2. The molecule has 2 heterocycles. The van der Waals surface area contributed by atoms with Gasteiger partial charge in [0.05, 0.1) is 17.9 Å². The van der Waals surface area contributed by atoms with Crippen LogP contribution in [0.15, 0.2) is 65.9 Å². The van der Waals surface area contributed by atoms with Crippen LogP contribution in [0.2, 0.25) is 0 Å². The lowest BCUT2D eigenvalue weighted by atomic mass is 9.83. The summed E-state index contributed by atoms with van der Waals surface area (Å²) in [5.74, 6) is -0.0583. The van der Waals surface area contributed by atoms with E-state index in [0.717, 1.165) is 11.3 Å². The zero-order valence-electron chi connectivity index (χ0n) is 14.5. The van der Waals surface area contributed by atoms with Crippen LogP contribution in [0.4, 0.5) is 5.69 Å². The summed E-state index contributed by atoms with van der Waals surface area (Å²) in [6.07, 6.45) is 0.201. The van der Waals surface area contributed by atoms with Gasteiger partial charge < -0.3 is 9.47 Å². The summed E-state index contributed by atoms with van der Waals surface area (Å²) in [4.78, 5) is 27.1. The summed E-state index contributed by atoms with van der Waals surface area (Å²) in [5, 5.41) is 0. The Bertz CT molecular complexity index is 888. The van der Waals surface area contributed by atoms with E-state index in [2.05, 4.69) is 0 Å². The maximum Gasteiger partial charge on any atom is 0.336 e. The van der Waals surface area contributed by atoms with Gasteiger partial charge in [-0.1, -0.05) is 36.4 Å². The molecular formula is C21H19NO4. The van der Waals surface area contributed by atoms with Gasteiger partial charge in [-0.25, -0.2) is 4.79 Å². The van der Waals surface area contributed by atoms with E-state index in [-0.39, 0.29) is 30.8 Å². The molecule has 5 heteroatoms. The number of rotatable bonds is 4.